The van der Waals surface area contributed by atoms with Crippen LogP contribution in [0, 0.1) is 11.6 Å². The second kappa shape index (κ2) is 12.9. The summed E-state index contributed by atoms with van der Waals surface area (Å²) < 4.78 is 113. The van der Waals surface area contributed by atoms with Crippen LogP contribution in [0.15, 0.2) is 66.7 Å². The van der Waals surface area contributed by atoms with Crippen molar-refractivity contribution >= 4 is 12.1 Å². The predicted octanol–water partition coefficient (Wildman–Crippen LogP) is 6.95. The van der Waals surface area contributed by atoms with Gasteiger partial charge in [-0.25, -0.2) is 18.4 Å². The molecule has 0 aromatic heterocycles. The SMILES string of the molecule is O=C(OCc1ccccc1)N1CCN(C(=O)NCCc2cc(C(F)(F)F)cc(C(F)(F)F)c2)C(c2ccc(F)cc2F)C1. The van der Waals surface area contributed by atoms with Gasteiger partial charge in [0.1, 0.15) is 18.2 Å². The average Bonchev–Trinajstić information content (AvgIpc) is 2.95. The Morgan fingerprint density at radius 2 is 1.49 bits per heavy atom. The number of amides is 3. The molecule has 1 saturated heterocycles. The van der Waals surface area contributed by atoms with E-state index in [1.807, 2.05) is 0 Å². The second-order valence-corrected chi connectivity index (χ2v) is 9.76. The van der Waals surface area contributed by atoms with Crippen LogP contribution in [0.25, 0.3) is 0 Å². The molecule has 3 aromatic carbocycles. The lowest BCUT2D eigenvalue weighted by atomic mass is 10.0. The summed E-state index contributed by atoms with van der Waals surface area (Å²) in [5, 5.41) is 2.43. The number of nitrogens with zero attached hydrogens (tertiary/aromatic N) is 2. The van der Waals surface area contributed by atoms with E-state index in [-0.39, 0.29) is 56.4 Å². The highest BCUT2D eigenvalue weighted by Crippen LogP contribution is 2.36. The molecule has 1 fully saturated rings. The van der Waals surface area contributed by atoms with E-state index in [2.05, 4.69) is 5.32 Å². The molecule has 3 aromatic rings. The van der Waals surface area contributed by atoms with E-state index < -0.39 is 53.3 Å². The summed E-state index contributed by atoms with van der Waals surface area (Å²) in [4.78, 5) is 28.3. The third kappa shape index (κ3) is 8.14. The quantitative estimate of drug-likeness (QED) is 0.306. The minimum absolute atomic E-state index is 0.00820. The van der Waals surface area contributed by atoms with E-state index in [4.69, 9.17) is 4.74 Å². The Balaban J connectivity index is 1.47. The number of nitrogens with one attached hydrogen (secondary N) is 1. The van der Waals surface area contributed by atoms with E-state index >= 15 is 0 Å². The molecule has 0 saturated carbocycles. The maximum Gasteiger partial charge on any atom is 0.416 e. The van der Waals surface area contributed by atoms with E-state index in [0.717, 1.165) is 22.6 Å². The highest BCUT2D eigenvalue weighted by atomic mass is 19.4. The van der Waals surface area contributed by atoms with Crippen molar-refractivity contribution in [1.29, 1.82) is 0 Å². The highest BCUT2D eigenvalue weighted by molar-refractivity contribution is 5.76. The zero-order chi connectivity index (χ0) is 31.4. The summed E-state index contributed by atoms with van der Waals surface area (Å²) >= 11 is 0. The fraction of sp³-hybridized carbons (Fsp3) is 0.310. The number of carbonyl (C=O) groups is 2. The maximum absolute atomic E-state index is 14.8. The molecule has 0 spiro atoms. The number of hydrogen-bond donors (Lipinski definition) is 1. The lowest BCUT2D eigenvalue weighted by molar-refractivity contribution is -0.143. The summed E-state index contributed by atoms with van der Waals surface area (Å²) in [6, 6.07) is 10.7. The van der Waals surface area contributed by atoms with Gasteiger partial charge in [-0.2, -0.15) is 26.3 Å². The normalized spacial score (nSPS) is 15.8. The molecule has 4 rings (SSSR count). The molecule has 3 amide bonds. The molecule has 1 atom stereocenters. The monoisotopic (exact) mass is 615 g/mol. The summed E-state index contributed by atoms with van der Waals surface area (Å²) in [5.74, 6) is -1.85. The summed E-state index contributed by atoms with van der Waals surface area (Å²) in [5.41, 5.74) is -2.66. The number of hydrogen-bond acceptors (Lipinski definition) is 3. The van der Waals surface area contributed by atoms with Crippen LogP contribution < -0.4 is 5.32 Å². The Kier molecular flexibility index (Phi) is 9.46. The van der Waals surface area contributed by atoms with Crippen molar-refractivity contribution < 1.29 is 49.4 Å². The van der Waals surface area contributed by atoms with Gasteiger partial charge in [0.15, 0.2) is 0 Å². The molecule has 1 aliphatic rings. The molecule has 1 heterocycles. The first-order valence-corrected chi connectivity index (χ1v) is 13.0. The largest absolute Gasteiger partial charge is 0.445 e. The van der Waals surface area contributed by atoms with Crippen molar-refractivity contribution in [2.45, 2.75) is 31.4 Å². The fourth-order valence-electron chi connectivity index (χ4n) is 4.62. The second-order valence-electron chi connectivity index (χ2n) is 9.76. The molecule has 6 nitrogen and oxygen atoms in total. The van der Waals surface area contributed by atoms with Crippen molar-refractivity contribution in [1.82, 2.24) is 15.1 Å². The van der Waals surface area contributed by atoms with E-state index in [1.165, 1.54) is 4.90 Å². The van der Waals surface area contributed by atoms with Crippen LogP contribution >= 0.6 is 0 Å². The molecule has 1 N–H and O–H groups in total. The molecular formula is C29H25F8N3O3. The van der Waals surface area contributed by atoms with Gasteiger partial charge in [-0.1, -0.05) is 36.4 Å². The van der Waals surface area contributed by atoms with Crippen LogP contribution in [0.1, 0.15) is 33.9 Å². The Morgan fingerprint density at radius 3 is 2.09 bits per heavy atom. The fourth-order valence-corrected chi connectivity index (χ4v) is 4.62. The maximum atomic E-state index is 14.8. The highest BCUT2D eigenvalue weighted by Gasteiger charge is 2.38. The van der Waals surface area contributed by atoms with Gasteiger partial charge in [-0.05, 0) is 41.8 Å². The molecule has 43 heavy (non-hydrogen) atoms. The Bertz CT molecular complexity index is 1410. The van der Waals surface area contributed by atoms with Gasteiger partial charge in [0, 0.05) is 37.8 Å². The van der Waals surface area contributed by atoms with Gasteiger partial charge in [0.2, 0.25) is 0 Å². The van der Waals surface area contributed by atoms with Crippen LogP contribution in [0.5, 0.6) is 0 Å². The summed E-state index contributed by atoms with van der Waals surface area (Å²) in [6.45, 7) is -0.776. The molecule has 0 aliphatic carbocycles. The first-order valence-electron chi connectivity index (χ1n) is 13.0. The summed E-state index contributed by atoms with van der Waals surface area (Å²) in [6.07, 6.45) is -11.2. The number of urea groups is 1. The number of rotatable bonds is 6. The standard InChI is InChI=1S/C29H25F8N3O3/c30-22-6-7-23(24(31)15-22)25-16-39(27(42)43-17-18-4-2-1-3-5-18)10-11-40(25)26(41)38-9-8-19-12-20(28(32,33)34)14-21(13-19)29(35,36)37/h1-7,12-15,25H,8-11,16-17H2,(H,38,41). The minimum atomic E-state index is -5.02. The zero-order valence-electron chi connectivity index (χ0n) is 22.3. The zero-order valence-corrected chi connectivity index (χ0v) is 22.3. The number of benzene rings is 3. The van der Waals surface area contributed by atoms with Crippen molar-refractivity contribution in [3.05, 3.63) is 106 Å². The van der Waals surface area contributed by atoms with E-state index in [9.17, 15) is 44.7 Å². The smallest absolute Gasteiger partial charge is 0.416 e. The van der Waals surface area contributed by atoms with Crippen LogP contribution in [0.4, 0.5) is 44.7 Å². The Labute approximate surface area is 240 Å². The number of ether oxygens (including phenoxy) is 1. The van der Waals surface area contributed by atoms with Crippen LogP contribution in [0.2, 0.25) is 0 Å². The average molecular weight is 616 g/mol. The Morgan fingerprint density at radius 1 is 0.837 bits per heavy atom. The van der Waals surface area contributed by atoms with Gasteiger partial charge >= 0.3 is 24.5 Å². The molecule has 0 radical (unpaired) electrons. The van der Waals surface area contributed by atoms with Crippen molar-refractivity contribution in [3.63, 3.8) is 0 Å². The minimum Gasteiger partial charge on any atom is -0.445 e. The first kappa shape index (κ1) is 31.6. The topological polar surface area (TPSA) is 61.9 Å². The lowest BCUT2D eigenvalue weighted by Gasteiger charge is -2.41. The first-order chi connectivity index (χ1) is 20.2. The molecule has 230 valence electrons. The third-order valence-corrected chi connectivity index (χ3v) is 6.76. The molecule has 1 aliphatic heterocycles. The number of piperazine rings is 1. The van der Waals surface area contributed by atoms with Gasteiger partial charge in [0.05, 0.1) is 17.2 Å². The number of carbonyl (C=O) groups excluding carboxylic acids is 2. The Hall–Kier alpha value is -4.36. The van der Waals surface area contributed by atoms with E-state index in [1.54, 1.807) is 30.3 Å². The summed E-state index contributed by atoms with van der Waals surface area (Å²) in [7, 11) is 0. The van der Waals surface area contributed by atoms with Gasteiger partial charge in [-0.15, -0.1) is 0 Å². The molecule has 0 bridgehead atoms. The van der Waals surface area contributed by atoms with Crippen LogP contribution in [-0.4, -0.2) is 48.1 Å². The molecule has 1 unspecified atom stereocenters. The van der Waals surface area contributed by atoms with Gasteiger partial charge in [-0.3, -0.25) is 0 Å². The van der Waals surface area contributed by atoms with Crippen molar-refractivity contribution in [2.75, 3.05) is 26.2 Å². The van der Waals surface area contributed by atoms with Gasteiger partial charge in [0.25, 0.3) is 0 Å². The predicted molar refractivity (Wildman–Crippen MR) is 138 cm³/mol. The number of alkyl halides is 6. The van der Waals surface area contributed by atoms with E-state index in [0.29, 0.717) is 18.2 Å². The van der Waals surface area contributed by atoms with Crippen LogP contribution in [-0.2, 0) is 30.1 Å². The van der Waals surface area contributed by atoms with Crippen LogP contribution in [0.3, 0.4) is 0 Å². The van der Waals surface area contributed by atoms with Crippen molar-refractivity contribution in [2.24, 2.45) is 0 Å². The lowest BCUT2D eigenvalue weighted by Crippen LogP contribution is -2.55. The molecular weight excluding hydrogens is 590 g/mol. The third-order valence-electron chi connectivity index (χ3n) is 6.76. The van der Waals surface area contributed by atoms with Crippen molar-refractivity contribution in [3.8, 4) is 0 Å². The molecule has 14 heteroatoms. The van der Waals surface area contributed by atoms with Gasteiger partial charge < -0.3 is 19.9 Å². The number of halogens is 8.